The number of ether oxygens (including phenoxy) is 5. The van der Waals surface area contributed by atoms with Gasteiger partial charge in [-0.2, -0.15) is 0 Å². The lowest BCUT2D eigenvalue weighted by molar-refractivity contribution is -0.177. The first-order chi connectivity index (χ1) is 36.8. The predicted octanol–water partition coefficient (Wildman–Crippen LogP) is 6.78. The van der Waals surface area contributed by atoms with E-state index in [9.17, 15) is 9.90 Å². The molecule has 1 aromatic heterocycles. The molecule has 75 heavy (non-hydrogen) atoms. The van der Waals surface area contributed by atoms with Crippen molar-refractivity contribution >= 4 is 52.0 Å². The van der Waals surface area contributed by atoms with Gasteiger partial charge in [-0.05, 0) is 89.0 Å². The monoisotopic (exact) mass is 1010 g/mol. The molecule has 17 nitrogen and oxygen atoms in total. The maximum atomic E-state index is 16.6. The minimum atomic E-state index is -2.11. The number of aliphatic hydroxyl groups is 1. The molecule has 0 radical (unpaired) electrons. The minimum Gasteiger partial charge on any atom is -0.491 e. The molecule has 7 aromatic rings. The Bertz CT molecular complexity index is 3300. The number of fused-ring (bicyclic) bond motifs is 4. The molecule has 6 aromatic carbocycles. The summed E-state index contributed by atoms with van der Waals surface area (Å²) in [5, 5.41) is 21.6. The van der Waals surface area contributed by atoms with Crippen LogP contribution in [-0.2, 0) is 45.3 Å². The van der Waals surface area contributed by atoms with Crippen molar-refractivity contribution in [3.8, 4) is 17.6 Å². The average Bonchev–Trinajstić information content (AvgIpc) is 4.30. The van der Waals surface area contributed by atoms with Crippen LogP contribution in [0.1, 0.15) is 46.0 Å². The molecule has 3 fully saturated rings. The Hall–Kier alpha value is -8.40. The number of benzene rings is 6. The number of cyclic esters (lactones) is 1. The molecule has 0 aliphatic carbocycles. The summed E-state index contributed by atoms with van der Waals surface area (Å²) >= 11 is 0. The number of anilines is 3. The van der Waals surface area contributed by atoms with E-state index in [4.69, 9.17) is 23.7 Å². The minimum absolute atomic E-state index is 0.0364. The smallest absolute Gasteiger partial charge is 0.421 e. The molecule has 4 aliphatic heterocycles. The number of hydrogen-bond acceptors (Lipinski definition) is 14. The van der Waals surface area contributed by atoms with Gasteiger partial charge in [0.05, 0.1) is 55.6 Å². The van der Waals surface area contributed by atoms with Crippen LogP contribution in [0.15, 0.2) is 152 Å². The van der Waals surface area contributed by atoms with Crippen LogP contribution in [0.2, 0.25) is 0 Å². The van der Waals surface area contributed by atoms with Gasteiger partial charge in [-0.15, -0.1) is 5.10 Å². The highest BCUT2D eigenvalue weighted by molar-refractivity contribution is 6.24. The number of nitrogens with zero attached hydrogens (tertiary/aromatic N) is 6. The lowest BCUT2D eigenvalue weighted by Crippen LogP contribution is -2.54. The van der Waals surface area contributed by atoms with Gasteiger partial charge < -0.3 is 39.0 Å². The van der Waals surface area contributed by atoms with Crippen LogP contribution in [0.4, 0.5) is 21.9 Å². The summed E-state index contributed by atoms with van der Waals surface area (Å²) in [7, 11) is 1.47. The summed E-state index contributed by atoms with van der Waals surface area (Å²) in [4.78, 5) is 68.1. The van der Waals surface area contributed by atoms with Crippen molar-refractivity contribution < 1.29 is 48.0 Å². The number of esters is 1. The summed E-state index contributed by atoms with van der Waals surface area (Å²) in [6.07, 6.45) is -1.95. The number of aromatic nitrogens is 3. The highest BCUT2D eigenvalue weighted by atomic mass is 16.6. The van der Waals surface area contributed by atoms with Crippen molar-refractivity contribution in [2.45, 2.75) is 36.2 Å². The molecule has 17 heteroatoms. The van der Waals surface area contributed by atoms with Gasteiger partial charge in [-0.3, -0.25) is 19.3 Å². The van der Waals surface area contributed by atoms with Crippen LogP contribution in [0.3, 0.4) is 0 Å². The van der Waals surface area contributed by atoms with Crippen molar-refractivity contribution in [2.24, 2.45) is 5.92 Å². The van der Waals surface area contributed by atoms with Crippen LogP contribution in [-0.4, -0.2) is 115 Å². The third-order valence-electron chi connectivity index (χ3n) is 14.4. The van der Waals surface area contributed by atoms with Gasteiger partial charge in [-0.1, -0.05) is 102 Å². The Morgan fingerprint density at radius 3 is 2.29 bits per heavy atom. The molecule has 0 bridgehead atoms. The predicted molar refractivity (Wildman–Crippen MR) is 277 cm³/mol. The number of amides is 3. The van der Waals surface area contributed by atoms with E-state index in [1.165, 1.54) is 7.11 Å². The summed E-state index contributed by atoms with van der Waals surface area (Å²) in [6, 6.07) is 42.4. The Balaban J connectivity index is 1.15. The molecule has 380 valence electrons. The fraction of sp³-hybridized carbons (Fsp3) is 0.276. The van der Waals surface area contributed by atoms with E-state index < -0.39 is 59.4 Å². The van der Waals surface area contributed by atoms with Gasteiger partial charge in [0, 0.05) is 37.1 Å². The van der Waals surface area contributed by atoms with Gasteiger partial charge >= 0.3 is 12.1 Å². The molecule has 5 heterocycles. The van der Waals surface area contributed by atoms with E-state index in [0.717, 1.165) is 21.7 Å². The highest BCUT2D eigenvalue weighted by Gasteiger charge is 2.76. The van der Waals surface area contributed by atoms with E-state index in [2.05, 4.69) is 32.4 Å². The number of imide groups is 1. The van der Waals surface area contributed by atoms with E-state index in [-0.39, 0.29) is 44.2 Å². The third-order valence-corrected chi connectivity index (χ3v) is 14.4. The first kappa shape index (κ1) is 48.8. The third kappa shape index (κ3) is 9.01. The number of morpholine rings is 2. The molecule has 11 rings (SSSR count). The molecule has 0 saturated carbocycles. The summed E-state index contributed by atoms with van der Waals surface area (Å²) < 4.78 is 30.9. The molecule has 3 saturated heterocycles. The standard InChI is InChI=1S/C58H53N7O10/c1-71-34-35-74-57(70)64-47-26-21-38(12-11-27-63-48-20-9-8-19-46(48)60-61-63)36-45(47)58(56(64)69)49(54(67)59-42-22-24-43(25-23-42)62-28-31-72-32-29-62)51-55(68)75-52(40-15-6-3-7-16-40)50(39-13-4-2-5-14-39)65(51)53(58)41-17-10-18-44(37-41)73-33-30-66/h2-10,13-26,36-37,49-53,66H,27-35H2,1H3,(H,59,67)/t49-,50-,51-,52+,53+,58-/m1/s1. The van der Waals surface area contributed by atoms with Crippen LogP contribution < -0.4 is 19.9 Å². The Morgan fingerprint density at radius 2 is 1.53 bits per heavy atom. The van der Waals surface area contributed by atoms with Gasteiger partial charge in [0.15, 0.2) is 0 Å². The number of rotatable bonds is 13. The summed E-state index contributed by atoms with van der Waals surface area (Å²) in [5.41, 5.74) is 3.49. The first-order valence-corrected chi connectivity index (χ1v) is 24.9. The zero-order chi connectivity index (χ0) is 51.5. The zero-order valence-corrected chi connectivity index (χ0v) is 41.0. The fourth-order valence-electron chi connectivity index (χ4n) is 11.2. The lowest BCUT2D eigenvalue weighted by Gasteiger charge is -2.46. The first-order valence-electron chi connectivity index (χ1n) is 24.9. The number of aliphatic hydroxyl groups excluding tert-OH is 1. The van der Waals surface area contributed by atoms with Crippen LogP contribution in [0, 0.1) is 17.8 Å². The number of hydrogen-bond donors (Lipinski definition) is 2. The maximum Gasteiger partial charge on any atom is 0.421 e. The normalized spacial score (nSPS) is 22.0. The topological polar surface area (TPSA) is 187 Å². The SMILES string of the molecule is COCCOC(=O)N1C(=O)[C@@]2(c3cc(C#CCn4nnc5ccccc54)ccc31)[C@H](c1cccc(OCCO)c1)N1[C@H](c3ccccc3)[C@H](c3ccccc3)OC(=O)[C@H]1[C@@H]2C(=O)Nc1ccc(N2CCOCC2)cc1. The highest BCUT2D eigenvalue weighted by Crippen LogP contribution is 2.66. The summed E-state index contributed by atoms with van der Waals surface area (Å²) in [5.74, 6) is 3.01. The number of nitrogens with one attached hydrogen (secondary N) is 1. The number of carbonyl (C=O) groups excluding carboxylic acids is 4. The molecule has 0 unspecified atom stereocenters. The van der Waals surface area contributed by atoms with Crippen molar-refractivity contribution in [3.05, 3.63) is 179 Å². The second kappa shape index (κ2) is 21.2. The van der Waals surface area contributed by atoms with Crippen molar-refractivity contribution in [1.29, 1.82) is 0 Å². The Labute approximate surface area is 432 Å². The molecule has 6 atom stereocenters. The van der Waals surface area contributed by atoms with Crippen molar-refractivity contribution in [3.63, 3.8) is 0 Å². The molecule has 1 spiro atoms. The van der Waals surface area contributed by atoms with Crippen LogP contribution in [0.25, 0.3) is 11.0 Å². The van der Waals surface area contributed by atoms with E-state index in [1.54, 1.807) is 53.2 Å². The van der Waals surface area contributed by atoms with Crippen molar-refractivity contribution in [2.75, 3.05) is 75.0 Å². The number of carbonyl (C=O) groups is 4. The lowest BCUT2D eigenvalue weighted by atomic mass is 9.65. The maximum absolute atomic E-state index is 16.6. The molecular formula is C58H53N7O10. The van der Waals surface area contributed by atoms with E-state index >= 15 is 14.4 Å². The van der Waals surface area contributed by atoms with Gasteiger partial charge in [0.1, 0.15) is 48.6 Å². The number of methoxy groups -OCH3 is 1. The fourth-order valence-corrected chi connectivity index (χ4v) is 11.2. The van der Waals surface area contributed by atoms with E-state index in [1.807, 2.05) is 108 Å². The molecule has 3 amide bonds. The number of para-hydroxylation sites is 1. The molecule has 2 N–H and O–H groups in total. The summed E-state index contributed by atoms with van der Waals surface area (Å²) in [6.45, 7) is 2.29. The zero-order valence-electron chi connectivity index (χ0n) is 41.0. The Kier molecular flexibility index (Phi) is 13.8. The second-order valence-corrected chi connectivity index (χ2v) is 18.6. The van der Waals surface area contributed by atoms with Crippen LogP contribution >= 0.6 is 0 Å². The van der Waals surface area contributed by atoms with E-state index in [0.29, 0.717) is 59.9 Å². The van der Waals surface area contributed by atoms with Gasteiger partial charge in [-0.25, -0.2) is 14.4 Å². The largest absolute Gasteiger partial charge is 0.491 e. The van der Waals surface area contributed by atoms with Gasteiger partial charge in [0.2, 0.25) is 11.8 Å². The van der Waals surface area contributed by atoms with Gasteiger partial charge in [0.25, 0.3) is 0 Å². The van der Waals surface area contributed by atoms with Crippen molar-refractivity contribution in [1.82, 2.24) is 19.9 Å². The molecule has 4 aliphatic rings. The average molecular weight is 1010 g/mol. The van der Waals surface area contributed by atoms with Crippen LogP contribution in [0.5, 0.6) is 5.75 Å². The molecular weight excluding hydrogens is 955 g/mol. The Morgan fingerprint density at radius 1 is 0.800 bits per heavy atom. The quantitative estimate of drug-likeness (QED) is 0.0700. The second-order valence-electron chi connectivity index (χ2n) is 18.6.